The zero-order valence-corrected chi connectivity index (χ0v) is 22.7. The van der Waals surface area contributed by atoms with Gasteiger partial charge in [0, 0.05) is 16.4 Å². The summed E-state index contributed by atoms with van der Waals surface area (Å²) in [4.78, 5) is 16.0. The number of hydrogen-bond acceptors (Lipinski definition) is 4. The van der Waals surface area contributed by atoms with Gasteiger partial charge in [-0.05, 0) is 88.5 Å². The van der Waals surface area contributed by atoms with Crippen molar-refractivity contribution in [2.75, 3.05) is 5.32 Å². The Morgan fingerprint density at radius 3 is 2.08 bits per heavy atom. The Hall–Kier alpha value is -4.42. The van der Waals surface area contributed by atoms with Gasteiger partial charge >= 0.3 is 5.97 Å². The van der Waals surface area contributed by atoms with Crippen LogP contribution in [0.2, 0.25) is 10.0 Å². The second-order valence-electron chi connectivity index (χ2n) is 9.04. The van der Waals surface area contributed by atoms with Gasteiger partial charge in [0.25, 0.3) is 0 Å². The van der Waals surface area contributed by atoms with Gasteiger partial charge in [0.2, 0.25) is 0 Å². The van der Waals surface area contributed by atoms with Crippen LogP contribution in [0.1, 0.15) is 27.0 Å². The molecule has 0 saturated heterocycles. The maximum Gasteiger partial charge on any atom is 0.337 e. The molecule has 198 valence electrons. The third-order valence-corrected chi connectivity index (χ3v) is 7.03. The average Bonchev–Trinajstić information content (AvgIpc) is 2.97. The van der Waals surface area contributed by atoms with E-state index in [1.165, 1.54) is 12.1 Å². The highest BCUT2D eigenvalue weighted by atomic mass is 35.5. The SMILES string of the molecule is O=C(O)c1cc(N=C2C=CC(=C(c3ccccc3)c3ccc(Nc4ccc(Cl)c(CO)c4)cc3)C=C2)ccc1Cl. The number of hydrogen-bond donors (Lipinski definition) is 3. The second kappa shape index (κ2) is 12.2. The third kappa shape index (κ3) is 6.24. The number of aliphatic imine (C=N–C) groups is 1. The van der Waals surface area contributed by atoms with Crippen LogP contribution in [0.4, 0.5) is 17.1 Å². The van der Waals surface area contributed by atoms with E-state index in [2.05, 4.69) is 34.6 Å². The molecule has 0 unspecified atom stereocenters. The molecule has 1 aliphatic rings. The van der Waals surface area contributed by atoms with Crippen molar-refractivity contribution < 1.29 is 15.0 Å². The molecule has 1 aliphatic carbocycles. The van der Waals surface area contributed by atoms with Crippen LogP contribution in [0.25, 0.3) is 5.57 Å². The first-order valence-electron chi connectivity index (χ1n) is 12.5. The summed E-state index contributed by atoms with van der Waals surface area (Å²) < 4.78 is 0. The van der Waals surface area contributed by atoms with E-state index in [1.54, 1.807) is 12.1 Å². The zero-order valence-electron chi connectivity index (χ0n) is 21.2. The monoisotopic (exact) mass is 566 g/mol. The van der Waals surface area contributed by atoms with Crippen LogP contribution < -0.4 is 5.32 Å². The minimum Gasteiger partial charge on any atom is -0.478 e. The van der Waals surface area contributed by atoms with Gasteiger partial charge in [-0.25, -0.2) is 9.79 Å². The van der Waals surface area contributed by atoms with Crippen LogP contribution in [0.5, 0.6) is 0 Å². The van der Waals surface area contributed by atoms with Crippen molar-refractivity contribution in [3.63, 3.8) is 0 Å². The molecule has 5 rings (SSSR count). The number of nitrogens with zero attached hydrogens (tertiary/aromatic N) is 1. The van der Waals surface area contributed by atoms with Gasteiger partial charge in [0.05, 0.1) is 28.6 Å². The molecule has 40 heavy (non-hydrogen) atoms. The van der Waals surface area contributed by atoms with Crippen molar-refractivity contribution >= 4 is 57.5 Å². The average molecular weight is 567 g/mol. The Kier molecular flexibility index (Phi) is 8.27. The summed E-state index contributed by atoms with van der Waals surface area (Å²) >= 11 is 12.1. The molecule has 4 aromatic carbocycles. The molecular formula is C33H24Cl2N2O3. The third-order valence-electron chi connectivity index (χ3n) is 6.34. The molecule has 0 bridgehead atoms. The number of rotatable bonds is 7. The Bertz CT molecular complexity index is 1670. The minimum absolute atomic E-state index is 0.0158. The molecule has 5 nitrogen and oxygen atoms in total. The largest absolute Gasteiger partial charge is 0.478 e. The predicted octanol–water partition coefficient (Wildman–Crippen LogP) is 8.63. The first-order chi connectivity index (χ1) is 19.4. The molecule has 3 N–H and O–H groups in total. The van der Waals surface area contributed by atoms with Crippen LogP contribution in [-0.4, -0.2) is 21.9 Å². The van der Waals surface area contributed by atoms with Gasteiger partial charge in [-0.3, -0.25) is 0 Å². The Balaban J connectivity index is 1.45. The molecule has 0 aromatic heterocycles. The number of carboxylic acids is 1. The molecule has 0 heterocycles. The maximum atomic E-state index is 11.4. The molecule has 0 aliphatic heterocycles. The number of nitrogens with one attached hydrogen (secondary N) is 1. The molecule has 0 radical (unpaired) electrons. The Labute approximate surface area is 242 Å². The smallest absolute Gasteiger partial charge is 0.337 e. The number of aromatic carboxylic acids is 1. The lowest BCUT2D eigenvalue weighted by Crippen LogP contribution is -1.99. The lowest BCUT2D eigenvalue weighted by Gasteiger charge is -2.15. The highest BCUT2D eigenvalue weighted by Gasteiger charge is 2.13. The van der Waals surface area contributed by atoms with Gasteiger partial charge in [0.15, 0.2) is 0 Å². The first-order valence-corrected chi connectivity index (χ1v) is 13.2. The van der Waals surface area contributed by atoms with E-state index in [0.29, 0.717) is 22.0 Å². The summed E-state index contributed by atoms with van der Waals surface area (Å²) in [6, 6.07) is 28.5. The molecule has 0 amide bonds. The van der Waals surface area contributed by atoms with Gasteiger partial charge in [0.1, 0.15) is 0 Å². The second-order valence-corrected chi connectivity index (χ2v) is 9.85. The van der Waals surface area contributed by atoms with E-state index >= 15 is 0 Å². The maximum absolute atomic E-state index is 11.4. The molecule has 0 spiro atoms. The van der Waals surface area contributed by atoms with E-state index in [0.717, 1.165) is 33.6 Å². The molecule has 0 atom stereocenters. The number of anilines is 2. The van der Waals surface area contributed by atoms with E-state index in [4.69, 9.17) is 23.2 Å². The number of aliphatic hydroxyl groups is 1. The van der Waals surface area contributed by atoms with Crippen molar-refractivity contribution in [3.8, 4) is 0 Å². The number of carbonyl (C=O) groups is 1. The fourth-order valence-corrected chi connectivity index (χ4v) is 4.74. The number of carboxylic acid groups (broad SMARTS) is 1. The van der Waals surface area contributed by atoms with Crippen LogP contribution in [0, 0.1) is 0 Å². The van der Waals surface area contributed by atoms with Gasteiger partial charge in [-0.1, -0.05) is 77.8 Å². The summed E-state index contributed by atoms with van der Waals surface area (Å²) in [5.74, 6) is -1.09. The molecule has 7 heteroatoms. The van der Waals surface area contributed by atoms with Crippen molar-refractivity contribution in [3.05, 3.63) is 153 Å². The van der Waals surface area contributed by atoms with Crippen LogP contribution >= 0.6 is 23.2 Å². The van der Waals surface area contributed by atoms with Gasteiger partial charge in [-0.15, -0.1) is 0 Å². The summed E-state index contributed by atoms with van der Waals surface area (Å²) in [5.41, 5.74) is 7.81. The number of aliphatic hydroxyl groups excluding tert-OH is 1. The standard InChI is InChI=1S/C33H24Cl2N2O3/c34-30-16-14-27(18-24(30)20-38)36-25-10-6-22(7-11-25)32(21-4-2-1-3-5-21)23-8-12-26(13-9-23)37-28-15-17-31(35)29(19-28)33(39)40/h1-19,36,38H,20H2,(H,39,40). The fourth-order valence-electron chi connectivity index (χ4n) is 4.36. The summed E-state index contributed by atoms with van der Waals surface area (Å²) in [7, 11) is 0. The summed E-state index contributed by atoms with van der Waals surface area (Å²) in [6.45, 7) is -0.127. The van der Waals surface area contributed by atoms with Crippen molar-refractivity contribution in [2.24, 2.45) is 4.99 Å². The van der Waals surface area contributed by atoms with E-state index < -0.39 is 5.97 Å². The van der Waals surface area contributed by atoms with Crippen LogP contribution in [0.3, 0.4) is 0 Å². The van der Waals surface area contributed by atoms with Gasteiger partial charge in [-0.2, -0.15) is 0 Å². The molecule has 0 fully saturated rings. The minimum atomic E-state index is -1.09. The lowest BCUT2D eigenvalue weighted by atomic mass is 9.91. The van der Waals surface area contributed by atoms with E-state index in [-0.39, 0.29) is 17.2 Å². The highest BCUT2D eigenvalue weighted by molar-refractivity contribution is 6.33. The number of benzene rings is 4. The van der Waals surface area contributed by atoms with Crippen molar-refractivity contribution in [1.29, 1.82) is 0 Å². The van der Waals surface area contributed by atoms with Crippen LogP contribution in [-0.2, 0) is 6.61 Å². The molecule has 0 saturated carbocycles. The predicted molar refractivity (Wildman–Crippen MR) is 163 cm³/mol. The molecule has 4 aromatic rings. The summed E-state index contributed by atoms with van der Waals surface area (Å²) in [6.07, 6.45) is 7.82. The van der Waals surface area contributed by atoms with E-state index in [1.807, 2.05) is 66.8 Å². The van der Waals surface area contributed by atoms with E-state index in [9.17, 15) is 15.0 Å². The Morgan fingerprint density at radius 2 is 1.40 bits per heavy atom. The molecular weight excluding hydrogens is 543 g/mol. The Morgan fingerprint density at radius 1 is 0.750 bits per heavy atom. The topological polar surface area (TPSA) is 81.9 Å². The zero-order chi connectivity index (χ0) is 28.1. The lowest BCUT2D eigenvalue weighted by molar-refractivity contribution is 0.0697. The number of halogens is 2. The number of allylic oxidation sites excluding steroid dienone is 5. The van der Waals surface area contributed by atoms with Crippen LogP contribution in [0.15, 0.2) is 126 Å². The first kappa shape index (κ1) is 27.2. The summed E-state index contributed by atoms with van der Waals surface area (Å²) in [5, 5.41) is 22.9. The van der Waals surface area contributed by atoms with Gasteiger partial charge < -0.3 is 15.5 Å². The quantitative estimate of drug-likeness (QED) is 0.209. The van der Waals surface area contributed by atoms with Crippen molar-refractivity contribution in [2.45, 2.75) is 6.61 Å². The fraction of sp³-hybridized carbons (Fsp3) is 0.0303. The normalized spacial score (nSPS) is 12.4. The van der Waals surface area contributed by atoms with Crippen molar-refractivity contribution in [1.82, 2.24) is 0 Å². The highest BCUT2D eigenvalue weighted by Crippen LogP contribution is 2.32.